The lowest BCUT2D eigenvalue weighted by Crippen LogP contribution is -2.08. The molecule has 9 heteroatoms. The average molecular weight is 322 g/mol. The number of ether oxygens (including phenoxy) is 1. The van der Waals surface area contributed by atoms with Crippen molar-refractivity contribution < 1.29 is 31.1 Å². The molecule has 0 amide bonds. The molecule has 2 N–H and O–H groups in total. The van der Waals surface area contributed by atoms with Crippen LogP contribution in [0.3, 0.4) is 0 Å². The standard InChI is InChI=1S/C13H8F6N2O/c14-12(15,16)7-1-4-11(21-6-7)22-10-3-2-8(20)5-9(10)13(17,18)19/h1-6H,20H2. The number of nitrogens with two attached hydrogens (primary N) is 1. The van der Waals surface area contributed by atoms with Crippen LogP contribution in [0.15, 0.2) is 36.5 Å². The highest BCUT2D eigenvalue weighted by atomic mass is 19.4. The first-order valence-electron chi connectivity index (χ1n) is 5.75. The largest absolute Gasteiger partial charge is 0.438 e. The van der Waals surface area contributed by atoms with E-state index in [4.69, 9.17) is 10.5 Å². The Bertz CT molecular complexity index is 664. The van der Waals surface area contributed by atoms with Gasteiger partial charge in [0.05, 0.1) is 5.56 Å². The fraction of sp³-hybridized carbons (Fsp3) is 0.154. The van der Waals surface area contributed by atoms with Crippen LogP contribution in [-0.4, -0.2) is 4.98 Å². The minimum absolute atomic E-state index is 0.125. The molecular formula is C13H8F6N2O. The average Bonchev–Trinajstić information content (AvgIpc) is 2.39. The fourth-order valence-corrected chi connectivity index (χ4v) is 1.58. The molecule has 0 unspecified atom stereocenters. The second kappa shape index (κ2) is 5.39. The second-order valence-corrected chi connectivity index (χ2v) is 4.24. The van der Waals surface area contributed by atoms with E-state index in [2.05, 4.69) is 4.98 Å². The monoisotopic (exact) mass is 322 g/mol. The molecule has 0 atom stereocenters. The molecule has 1 heterocycles. The van der Waals surface area contributed by atoms with Crippen molar-refractivity contribution in [2.75, 3.05) is 5.73 Å². The topological polar surface area (TPSA) is 48.1 Å². The number of benzene rings is 1. The summed E-state index contributed by atoms with van der Waals surface area (Å²) in [6.07, 6.45) is -8.85. The first-order valence-corrected chi connectivity index (χ1v) is 5.75. The molecule has 0 radical (unpaired) electrons. The molecule has 1 aromatic carbocycles. The molecule has 0 aliphatic rings. The van der Waals surface area contributed by atoms with Gasteiger partial charge in [-0.1, -0.05) is 0 Å². The second-order valence-electron chi connectivity index (χ2n) is 4.24. The Hall–Kier alpha value is -2.45. The summed E-state index contributed by atoms with van der Waals surface area (Å²) in [5.74, 6) is -1.00. The van der Waals surface area contributed by atoms with Crippen LogP contribution in [0.4, 0.5) is 32.0 Å². The van der Waals surface area contributed by atoms with Crippen LogP contribution in [0.5, 0.6) is 11.6 Å². The SMILES string of the molecule is Nc1ccc(Oc2ccc(C(F)(F)F)cn2)c(C(F)(F)F)c1. The van der Waals surface area contributed by atoms with Gasteiger partial charge in [0.2, 0.25) is 5.88 Å². The summed E-state index contributed by atoms with van der Waals surface area (Å²) in [6, 6.07) is 4.30. The van der Waals surface area contributed by atoms with Gasteiger partial charge in [-0.15, -0.1) is 0 Å². The molecule has 0 saturated carbocycles. The number of aromatic nitrogens is 1. The normalized spacial score (nSPS) is 12.3. The van der Waals surface area contributed by atoms with E-state index in [9.17, 15) is 26.3 Å². The molecule has 0 aliphatic heterocycles. The Kier molecular flexibility index (Phi) is 3.90. The molecule has 118 valence electrons. The van der Waals surface area contributed by atoms with Crippen LogP contribution in [0.1, 0.15) is 11.1 Å². The number of hydrogen-bond acceptors (Lipinski definition) is 3. The molecule has 3 nitrogen and oxygen atoms in total. The lowest BCUT2D eigenvalue weighted by atomic mass is 10.1. The minimum Gasteiger partial charge on any atom is -0.438 e. The van der Waals surface area contributed by atoms with E-state index in [1.807, 2.05) is 0 Å². The molecule has 1 aromatic heterocycles. The smallest absolute Gasteiger partial charge is 0.420 e. The summed E-state index contributed by atoms with van der Waals surface area (Å²) in [7, 11) is 0. The quantitative estimate of drug-likeness (QED) is 0.654. The highest BCUT2D eigenvalue weighted by Crippen LogP contribution is 2.39. The zero-order valence-corrected chi connectivity index (χ0v) is 10.7. The van der Waals surface area contributed by atoms with Gasteiger partial charge < -0.3 is 10.5 Å². The number of pyridine rings is 1. The summed E-state index contributed by atoms with van der Waals surface area (Å²) in [4.78, 5) is 3.35. The summed E-state index contributed by atoms with van der Waals surface area (Å²) in [5.41, 5.74) is 2.99. The molecule has 22 heavy (non-hydrogen) atoms. The maximum absolute atomic E-state index is 12.8. The van der Waals surface area contributed by atoms with Crippen molar-refractivity contribution in [3.63, 3.8) is 0 Å². The van der Waals surface area contributed by atoms with Gasteiger partial charge in [-0.2, -0.15) is 26.3 Å². The maximum atomic E-state index is 12.8. The van der Waals surface area contributed by atoms with Gasteiger partial charge in [-0.3, -0.25) is 0 Å². The van der Waals surface area contributed by atoms with Crippen molar-refractivity contribution in [1.82, 2.24) is 4.98 Å². The predicted octanol–water partition coefficient (Wildman–Crippen LogP) is 4.49. The third-order valence-corrected chi connectivity index (χ3v) is 2.59. The van der Waals surface area contributed by atoms with Gasteiger partial charge in [0.15, 0.2) is 0 Å². The van der Waals surface area contributed by atoms with Crippen LogP contribution in [0, 0.1) is 0 Å². The summed E-state index contributed by atoms with van der Waals surface area (Å²) >= 11 is 0. The maximum Gasteiger partial charge on any atom is 0.420 e. The predicted molar refractivity (Wildman–Crippen MR) is 65.2 cm³/mol. The third-order valence-electron chi connectivity index (χ3n) is 2.59. The molecular weight excluding hydrogens is 314 g/mol. The Morgan fingerprint density at radius 2 is 1.59 bits per heavy atom. The van der Waals surface area contributed by atoms with E-state index in [1.165, 1.54) is 6.07 Å². The Morgan fingerprint density at radius 3 is 2.09 bits per heavy atom. The number of alkyl halides is 6. The Morgan fingerprint density at radius 1 is 0.909 bits per heavy atom. The van der Waals surface area contributed by atoms with Crippen molar-refractivity contribution in [2.24, 2.45) is 0 Å². The highest BCUT2D eigenvalue weighted by molar-refractivity contribution is 5.50. The van der Waals surface area contributed by atoms with Crippen molar-refractivity contribution in [3.05, 3.63) is 47.7 Å². The zero-order valence-electron chi connectivity index (χ0n) is 10.7. The highest BCUT2D eigenvalue weighted by Gasteiger charge is 2.35. The van der Waals surface area contributed by atoms with Crippen LogP contribution in [0.25, 0.3) is 0 Å². The summed E-state index contributed by atoms with van der Waals surface area (Å²) < 4.78 is 80.5. The van der Waals surface area contributed by atoms with E-state index < -0.39 is 35.1 Å². The van der Waals surface area contributed by atoms with Gasteiger partial charge in [0.25, 0.3) is 0 Å². The van der Waals surface area contributed by atoms with Crippen molar-refractivity contribution in [1.29, 1.82) is 0 Å². The number of nitrogen functional groups attached to an aromatic ring is 1. The minimum atomic E-state index is -4.73. The van der Waals surface area contributed by atoms with Crippen molar-refractivity contribution in [3.8, 4) is 11.6 Å². The molecule has 0 bridgehead atoms. The van der Waals surface area contributed by atoms with Crippen LogP contribution in [0.2, 0.25) is 0 Å². The van der Waals surface area contributed by atoms with Gasteiger partial charge in [0.1, 0.15) is 11.3 Å². The van der Waals surface area contributed by atoms with Crippen LogP contribution >= 0.6 is 0 Å². The lowest BCUT2D eigenvalue weighted by Gasteiger charge is -2.14. The van der Waals surface area contributed by atoms with Gasteiger partial charge in [-0.05, 0) is 24.3 Å². The number of hydrogen-bond donors (Lipinski definition) is 1. The molecule has 0 saturated heterocycles. The van der Waals surface area contributed by atoms with Crippen molar-refractivity contribution in [2.45, 2.75) is 12.4 Å². The fourth-order valence-electron chi connectivity index (χ4n) is 1.58. The number of halogens is 6. The third kappa shape index (κ3) is 3.60. The summed E-state index contributed by atoms with van der Waals surface area (Å²) in [5, 5.41) is 0. The molecule has 2 rings (SSSR count). The first-order chi connectivity index (χ1) is 10.1. The van der Waals surface area contributed by atoms with E-state index in [0.717, 1.165) is 12.1 Å². The number of anilines is 1. The Labute approximate surface area is 120 Å². The molecule has 0 fully saturated rings. The van der Waals surface area contributed by atoms with E-state index >= 15 is 0 Å². The molecule has 2 aromatic rings. The number of rotatable bonds is 2. The zero-order chi connectivity index (χ0) is 16.5. The first kappa shape index (κ1) is 15.9. The van der Waals surface area contributed by atoms with E-state index in [-0.39, 0.29) is 5.69 Å². The summed E-state index contributed by atoms with van der Waals surface area (Å²) in [6.45, 7) is 0. The van der Waals surface area contributed by atoms with Gasteiger partial charge in [0, 0.05) is 18.0 Å². The van der Waals surface area contributed by atoms with Crippen LogP contribution in [-0.2, 0) is 12.4 Å². The van der Waals surface area contributed by atoms with Crippen molar-refractivity contribution >= 4 is 5.69 Å². The van der Waals surface area contributed by atoms with Gasteiger partial charge >= 0.3 is 12.4 Å². The van der Waals surface area contributed by atoms with Crippen LogP contribution < -0.4 is 10.5 Å². The molecule has 0 aliphatic carbocycles. The molecule has 0 spiro atoms. The Balaban J connectivity index is 2.32. The number of nitrogens with zero attached hydrogens (tertiary/aromatic N) is 1. The lowest BCUT2D eigenvalue weighted by molar-refractivity contribution is -0.138. The van der Waals surface area contributed by atoms with E-state index in [1.54, 1.807) is 0 Å². The van der Waals surface area contributed by atoms with E-state index in [0.29, 0.717) is 18.3 Å². The van der Waals surface area contributed by atoms with Gasteiger partial charge in [-0.25, -0.2) is 4.98 Å².